The number of rotatable bonds is 0. The van der Waals surface area contributed by atoms with Crippen LogP contribution in [0.15, 0.2) is 21.3 Å². The first kappa shape index (κ1) is 10.1. The SMILES string of the molecule is O=C1OC(=C(Br)Br)[C@H]2[C@H]1[C@H]1C=C[C@H]2CC1. The molecule has 2 bridgehead atoms. The van der Waals surface area contributed by atoms with Crippen LogP contribution in [-0.2, 0) is 9.53 Å². The summed E-state index contributed by atoms with van der Waals surface area (Å²) in [5.41, 5.74) is 0. The first-order valence-corrected chi connectivity index (χ1v) is 6.72. The maximum Gasteiger partial charge on any atom is 0.315 e. The number of carbonyl (C=O) groups excluding carboxylic acids is 1. The largest absolute Gasteiger partial charge is 0.429 e. The molecule has 0 radical (unpaired) electrons. The highest BCUT2D eigenvalue weighted by Crippen LogP contribution is 2.53. The van der Waals surface area contributed by atoms with Crippen molar-refractivity contribution in [2.24, 2.45) is 23.7 Å². The van der Waals surface area contributed by atoms with Crippen molar-refractivity contribution in [2.45, 2.75) is 12.8 Å². The molecule has 0 aromatic rings. The highest BCUT2D eigenvalue weighted by molar-refractivity contribution is 9.28. The van der Waals surface area contributed by atoms with E-state index in [0.717, 1.165) is 15.6 Å². The fourth-order valence-corrected chi connectivity index (χ4v) is 3.77. The van der Waals surface area contributed by atoms with Crippen LogP contribution >= 0.6 is 31.9 Å². The van der Waals surface area contributed by atoms with Gasteiger partial charge in [-0.15, -0.1) is 0 Å². The molecule has 4 rings (SSSR count). The summed E-state index contributed by atoms with van der Waals surface area (Å²) in [7, 11) is 0. The minimum absolute atomic E-state index is 0.0505. The number of carbonyl (C=O) groups is 1. The first-order chi connectivity index (χ1) is 7.18. The number of halogens is 2. The van der Waals surface area contributed by atoms with E-state index in [0.29, 0.717) is 11.8 Å². The van der Waals surface area contributed by atoms with Gasteiger partial charge in [-0.2, -0.15) is 0 Å². The van der Waals surface area contributed by atoms with Gasteiger partial charge in [0.25, 0.3) is 0 Å². The molecule has 0 aromatic heterocycles. The van der Waals surface area contributed by atoms with Gasteiger partial charge in [-0.3, -0.25) is 4.79 Å². The lowest BCUT2D eigenvalue weighted by Crippen LogP contribution is -2.36. The fraction of sp³-hybridized carbons (Fsp3) is 0.545. The Bertz CT molecular complexity index is 382. The summed E-state index contributed by atoms with van der Waals surface area (Å²) in [4.78, 5) is 11.8. The molecule has 4 atom stereocenters. The van der Waals surface area contributed by atoms with Crippen LogP contribution in [0.2, 0.25) is 0 Å². The summed E-state index contributed by atoms with van der Waals surface area (Å²) in [6.07, 6.45) is 6.75. The van der Waals surface area contributed by atoms with Crippen LogP contribution < -0.4 is 0 Å². The predicted octanol–water partition coefficient (Wildman–Crippen LogP) is 3.33. The van der Waals surface area contributed by atoms with Crippen molar-refractivity contribution in [3.05, 3.63) is 21.3 Å². The molecule has 2 fully saturated rings. The topological polar surface area (TPSA) is 26.3 Å². The molecule has 0 unspecified atom stereocenters. The Kier molecular flexibility index (Phi) is 2.32. The van der Waals surface area contributed by atoms with Crippen LogP contribution in [0.25, 0.3) is 0 Å². The van der Waals surface area contributed by atoms with Gasteiger partial charge in [0.1, 0.15) is 5.76 Å². The molecule has 0 N–H and O–H groups in total. The minimum atomic E-state index is -0.0505. The lowest BCUT2D eigenvalue weighted by molar-refractivity contribution is -0.141. The Morgan fingerprint density at radius 1 is 1.20 bits per heavy atom. The monoisotopic (exact) mass is 332 g/mol. The van der Waals surface area contributed by atoms with E-state index < -0.39 is 0 Å². The van der Waals surface area contributed by atoms with Crippen molar-refractivity contribution < 1.29 is 9.53 Å². The lowest BCUT2D eigenvalue weighted by Gasteiger charge is -2.38. The molecule has 1 aliphatic heterocycles. The molecule has 80 valence electrons. The molecule has 4 aliphatic rings. The van der Waals surface area contributed by atoms with Crippen molar-refractivity contribution in [3.8, 4) is 0 Å². The van der Waals surface area contributed by atoms with Crippen LogP contribution in [0.1, 0.15) is 12.8 Å². The molecule has 1 saturated heterocycles. The maximum absolute atomic E-state index is 11.8. The minimum Gasteiger partial charge on any atom is -0.429 e. The van der Waals surface area contributed by atoms with Crippen molar-refractivity contribution in [2.75, 3.05) is 0 Å². The van der Waals surface area contributed by atoms with Crippen LogP contribution in [0.4, 0.5) is 0 Å². The molecule has 0 amide bonds. The summed E-state index contributed by atoms with van der Waals surface area (Å²) < 4.78 is 6.15. The summed E-state index contributed by atoms with van der Waals surface area (Å²) in [6, 6.07) is 0. The molecule has 15 heavy (non-hydrogen) atoms. The number of cyclic esters (lactones) is 1. The summed E-state index contributed by atoms with van der Waals surface area (Å²) >= 11 is 6.71. The van der Waals surface area contributed by atoms with Crippen LogP contribution in [0.5, 0.6) is 0 Å². The molecule has 3 aliphatic carbocycles. The summed E-state index contributed by atoms with van der Waals surface area (Å²) in [5.74, 6) is 1.94. The lowest BCUT2D eigenvalue weighted by atomic mass is 9.63. The molecule has 1 heterocycles. The number of hydrogen-bond acceptors (Lipinski definition) is 2. The first-order valence-electron chi connectivity index (χ1n) is 5.13. The molecule has 4 heteroatoms. The predicted molar refractivity (Wildman–Crippen MR) is 63.3 cm³/mol. The second-order valence-electron chi connectivity index (χ2n) is 4.39. The van der Waals surface area contributed by atoms with E-state index in [9.17, 15) is 4.79 Å². The van der Waals surface area contributed by atoms with Crippen LogP contribution in [0.3, 0.4) is 0 Å². The van der Waals surface area contributed by atoms with E-state index in [-0.39, 0.29) is 17.8 Å². The zero-order valence-corrected chi connectivity index (χ0v) is 11.1. The third-order valence-corrected chi connectivity index (χ3v) is 4.50. The van der Waals surface area contributed by atoms with E-state index in [2.05, 4.69) is 44.0 Å². The Labute approximate surface area is 105 Å². The number of fused-ring (bicyclic) bond motifs is 1. The van der Waals surface area contributed by atoms with Gasteiger partial charge in [0.15, 0.2) is 0 Å². The zero-order valence-electron chi connectivity index (χ0n) is 7.95. The molecular weight excluding hydrogens is 324 g/mol. The maximum atomic E-state index is 11.8. The zero-order chi connectivity index (χ0) is 10.6. The van der Waals surface area contributed by atoms with Crippen LogP contribution in [-0.4, -0.2) is 5.97 Å². The normalized spacial score (nSPS) is 41.7. The highest BCUT2D eigenvalue weighted by atomic mass is 79.9. The second kappa shape index (κ2) is 3.45. The average molecular weight is 334 g/mol. The van der Waals surface area contributed by atoms with Crippen LogP contribution in [0, 0.1) is 23.7 Å². The van der Waals surface area contributed by atoms with E-state index in [1.807, 2.05) is 0 Å². The number of esters is 1. The number of allylic oxidation sites excluding steroid dienone is 3. The Morgan fingerprint density at radius 2 is 1.80 bits per heavy atom. The number of hydrogen-bond donors (Lipinski definition) is 0. The van der Waals surface area contributed by atoms with Gasteiger partial charge in [0, 0.05) is 5.92 Å². The average Bonchev–Trinajstić information content (AvgIpc) is 2.61. The quantitative estimate of drug-likeness (QED) is 0.502. The van der Waals surface area contributed by atoms with Gasteiger partial charge >= 0.3 is 5.97 Å². The highest BCUT2D eigenvalue weighted by Gasteiger charge is 2.53. The van der Waals surface area contributed by atoms with Gasteiger partial charge in [0.2, 0.25) is 0 Å². The molecule has 2 nitrogen and oxygen atoms in total. The van der Waals surface area contributed by atoms with E-state index in [1.165, 1.54) is 6.42 Å². The molecule has 0 spiro atoms. The van der Waals surface area contributed by atoms with Gasteiger partial charge < -0.3 is 4.74 Å². The van der Waals surface area contributed by atoms with Gasteiger partial charge in [0.05, 0.1) is 9.31 Å². The third-order valence-electron chi connectivity index (χ3n) is 3.72. The van der Waals surface area contributed by atoms with E-state index in [4.69, 9.17) is 4.74 Å². The molecule has 0 aromatic carbocycles. The van der Waals surface area contributed by atoms with E-state index >= 15 is 0 Å². The third kappa shape index (κ3) is 1.37. The standard InChI is InChI=1S/C11H10Br2O2/c12-10(13)9-7-5-1-3-6(4-2-5)8(7)11(14)15-9/h1,3,5-8H,2,4H2/t5-,6-,7+,8+/m0/s1. The summed E-state index contributed by atoms with van der Waals surface area (Å²) in [5, 5.41) is 0. The number of ether oxygens (including phenoxy) is 1. The smallest absolute Gasteiger partial charge is 0.315 e. The fourth-order valence-electron chi connectivity index (χ4n) is 3.08. The molecular formula is C11H10Br2O2. The van der Waals surface area contributed by atoms with Gasteiger partial charge in [-0.05, 0) is 56.5 Å². The second-order valence-corrected chi connectivity index (χ2v) is 7.04. The van der Waals surface area contributed by atoms with Crippen molar-refractivity contribution in [1.82, 2.24) is 0 Å². The Balaban J connectivity index is 2.08. The molecule has 1 saturated carbocycles. The van der Waals surface area contributed by atoms with Crippen molar-refractivity contribution in [1.29, 1.82) is 0 Å². The Morgan fingerprint density at radius 3 is 2.33 bits per heavy atom. The van der Waals surface area contributed by atoms with Crippen molar-refractivity contribution in [3.63, 3.8) is 0 Å². The van der Waals surface area contributed by atoms with E-state index in [1.54, 1.807) is 0 Å². The van der Waals surface area contributed by atoms with Crippen molar-refractivity contribution >= 4 is 37.8 Å². The van der Waals surface area contributed by atoms with Gasteiger partial charge in [-0.1, -0.05) is 12.2 Å². The van der Waals surface area contributed by atoms with Gasteiger partial charge in [-0.25, -0.2) is 0 Å². The summed E-state index contributed by atoms with van der Waals surface area (Å²) in [6.45, 7) is 0. The Hall–Kier alpha value is -0.0900.